The average Bonchev–Trinajstić information content (AvgIpc) is 3.35. The number of rotatable bonds is 20. The molecule has 73 heavy (non-hydrogen) atoms. The normalized spacial score (nSPS) is 28.4. The molecule has 11 atom stereocenters. The van der Waals surface area contributed by atoms with E-state index in [1.807, 2.05) is 53.7 Å². The molecule has 2 N–H and O–H groups in total. The van der Waals surface area contributed by atoms with Crippen LogP contribution in [0.15, 0.2) is 77.9 Å². The van der Waals surface area contributed by atoms with E-state index in [0.717, 1.165) is 32.8 Å². The number of ketones is 1. The Balaban J connectivity index is 1.59. The third-order valence-corrected chi connectivity index (χ3v) is 27.4. The van der Waals surface area contributed by atoms with Crippen molar-refractivity contribution in [3.63, 3.8) is 0 Å². The lowest BCUT2D eigenvalue weighted by molar-refractivity contribution is -0.275. The van der Waals surface area contributed by atoms with Crippen LogP contribution < -0.4 is 5.32 Å². The first-order valence-electron chi connectivity index (χ1n) is 26.4. The Morgan fingerprint density at radius 3 is 2.05 bits per heavy atom. The SMILES string of the molecule is C=Cc1cccc(C(=O)N[C@@H](C=C(C)C)[C@@H](O[Si](CC)(CC)CC)C(=O)O[C@H]2C[C@@]3(O)[C@@H](OC(=O)c4cccc(I)c4)[C@@H]4[C@@H]5CO[C@@H]5C[C@H](O[Si](CC)(CC)CC)[C@@]4(C)C(=O)[C@H](OC(C)=O)C(=C2C)C3(C)C)c1. The molecular formula is C57H80INO12Si2. The van der Waals surface area contributed by atoms with Crippen molar-refractivity contribution in [1.29, 1.82) is 0 Å². The zero-order chi connectivity index (χ0) is 54.0. The number of esters is 3. The molecule has 3 fully saturated rings. The lowest BCUT2D eigenvalue weighted by Gasteiger charge is -2.65. The fourth-order valence-corrected chi connectivity index (χ4v) is 18.7. The maximum absolute atomic E-state index is 16.3. The second kappa shape index (κ2) is 23.2. The summed E-state index contributed by atoms with van der Waals surface area (Å²) in [5.74, 6) is -4.41. The maximum atomic E-state index is 16.3. The zero-order valence-corrected chi connectivity index (χ0v) is 49.5. The summed E-state index contributed by atoms with van der Waals surface area (Å²) in [5.41, 5.74) is -2.23. The maximum Gasteiger partial charge on any atom is 0.338 e. The molecule has 13 nitrogen and oxygen atoms in total. The highest BCUT2D eigenvalue weighted by atomic mass is 127. The first kappa shape index (κ1) is 58.5. The lowest BCUT2D eigenvalue weighted by Crippen LogP contribution is -2.75. The van der Waals surface area contributed by atoms with Gasteiger partial charge in [0, 0.05) is 39.7 Å². The number of aliphatic hydroxyl groups is 1. The smallest absolute Gasteiger partial charge is 0.338 e. The van der Waals surface area contributed by atoms with Gasteiger partial charge in [-0.2, -0.15) is 0 Å². The summed E-state index contributed by atoms with van der Waals surface area (Å²) >= 11 is 2.13. The molecule has 0 spiro atoms. The van der Waals surface area contributed by atoms with Crippen molar-refractivity contribution in [3.8, 4) is 0 Å². The van der Waals surface area contributed by atoms with Gasteiger partial charge in [-0.3, -0.25) is 14.4 Å². The van der Waals surface area contributed by atoms with Crippen molar-refractivity contribution in [2.24, 2.45) is 22.7 Å². The van der Waals surface area contributed by atoms with Crippen molar-refractivity contribution in [3.05, 3.63) is 98.2 Å². The van der Waals surface area contributed by atoms with Crippen molar-refractivity contribution in [2.75, 3.05) is 6.61 Å². The number of carbonyl (C=O) groups is 5. The van der Waals surface area contributed by atoms with Gasteiger partial charge in [0.25, 0.3) is 5.91 Å². The largest absolute Gasteiger partial charge is 0.456 e. The molecule has 1 heterocycles. The van der Waals surface area contributed by atoms with Crippen LogP contribution in [0.25, 0.3) is 6.08 Å². The van der Waals surface area contributed by atoms with Crippen LogP contribution in [0.3, 0.4) is 0 Å². The third kappa shape index (κ3) is 11.2. The first-order valence-corrected chi connectivity index (χ1v) is 32.5. The van der Waals surface area contributed by atoms with Crippen molar-refractivity contribution >= 4 is 74.9 Å². The Hall–Kier alpha value is -3.79. The van der Waals surface area contributed by atoms with E-state index in [0.29, 0.717) is 35.7 Å². The Morgan fingerprint density at radius 2 is 1.51 bits per heavy atom. The van der Waals surface area contributed by atoms with E-state index < -0.39 is 105 Å². The van der Waals surface area contributed by atoms with E-state index in [4.69, 9.17) is 27.8 Å². The van der Waals surface area contributed by atoms with Crippen LogP contribution in [0.4, 0.5) is 0 Å². The highest BCUT2D eigenvalue weighted by molar-refractivity contribution is 14.1. The second-order valence-corrected chi connectivity index (χ2v) is 32.4. The van der Waals surface area contributed by atoms with E-state index in [1.165, 1.54) is 6.92 Å². The van der Waals surface area contributed by atoms with Crippen LogP contribution in [0, 0.1) is 26.2 Å². The van der Waals surface area contributed by atoms with E-state index in [9.17, 15) is 19.5 Å². The topological polar surface area (TPSA) is 173 Å². The third-order valence-electron chi connectivity index (χ3n) is 17.5. The number of allylic oxidation sites excluding steroid dienone is 1. The second-order valence-electron chi connectivity index (χ2n) is 21.8. The molecular weight excluding hydrogens is 1070 g/mol. The predicted molar refractivity (Wildman–Crippen MR) is 296 cm³/mol. The number of carbonyl (C=O) groups excluding carboxylic acids is 5. The summed E-state index contributed by atoms with van der Waals surface area (Å²) in [4.78, 5) is 74.3. The number of benzene rings is 2. The highest BCUT2D eigenvalue weighted by Gasteiger charge is 2.73. The highest BCUT2D eigenvalue weighted by Crippen LogP contribution is 2.63. The molecule has 2 aromatic carbocycles. The molecule has 0 unspecified atom stereocenters. The molecule has 2 bridgehead atoms. The van der Waals surface area contributed by atoms with Gasteiger partial charge in [-0.1, -0.05) is 97.9 Å². The van der Waals surface area contributed by atoms with Crippen LogP contribution in [0.1, 0.15) is 129 Å². The molecule has 6 rings (SSSR count). The molecule has 3 aliphatic carbocycles. The number of nitrogens with one attached hydrogen (secondary N) is 1. The molecule has 400 valence electrons. The van der Waals surface area contributed by atoms with Gasteiger partial charge in [-0.15, -0.1) is 0 Å². The minimum absolute atomic E-state index is 0.224. The molecule has 16 heteroatoms. The monoisotopic (exact) mass is 1150 g/mol. The number of amides is 1. The molecule has 0 radical (unpaired) electrons. The summed E-state index contributed by atoms with van der Waals surface area (Å²) in [5, 5.41) is 17.3. The van der Waals surface area contributed by atoms with Gasteiger partial charge < -0.3 is 38.2 Å². The average molecular weight is 1150 g/mol. The van der Waals surface area contributed by atoms with Gasteiger partial charge in [-0.05, 0) is 140 Å². The Morgan fingerprint density at radius 1 is 0.890 bits per heavy atom. The quantitative estimate of drug-likeness (QED) is 0.0423. The molecule has 1 aliphatic heterocycles. The van der Waals surface area contributed by atoms with Gasteiger partial charge in [0.05, 0.1) is 35.8 Å². The molecule has 4 aliphatic rings. The Kier molecular flexibility index (Phi) is 18.6. The van der Waals surface area contributed by atoms with Crippen molar-refractivity contribution < 1.29 is 56.9 Å². The van der Waals surface area contributed by atoms with Crippen molar-refractivity contribution in [2.45, 2.75) is 187 Å². The minimum atomic E-state index is -2.67. The number of hydrogen-bond acceptors (Lipinski definition) is 12. The van der Waals surface area contributed by atoms with Gasteiger partial charge in [0.15, 0.2) is 34.6 Å². The number of hydrogen-bond donors (Lipinski definition) is 2. The van der Waals surface area contributed by atoms with Gasteiger partial charge in [0.1, 0.15) is 17.8 Å². The molecule has 2 aromatic rings. The van der Waals surface area contributed by atoms with Crippen LogP contribution >= 0.6 is 22.6 Å². The summed E-state index contributed by atoms with van der Waals surface area (Å²) in [6.45, 7) is 28.7. The number of Topliss-reactive ketones (excluding diaryl/α,β-unsaturated/α-hetero) is 1. The van der Waals surface area contributed by atoms with Crippen LogP contribution in [-0.4, -0.2) is 106 Å². The fraction of sp³-hybridized carbons (Fsp3) is 0.596. The van der Waals surface area contributed by atoms with Crippen LogP contribution in [0.5, 0.6) is 0 Å². The summed E-state index contributed by atoms with van der Waals surface area (Å²) in [7, 11) is -5.16. The molecule has 2 saturated carbocycles. The number of ether oxygens (including phenoxy) is 4. The lowest BCUT2D eigenvalue weighted by atomic mass is 9.46. The van der Waals surface area contributed by atoms with E-state index in [-0.39, 0.29) is 36.2 Å². The summed E-state index contributed by atoms with van der Waals surface area (Å²) in [6, 6.07) is 17.4. The van der Waals surface area contributed by atoms with Gasteiger partial charge >= 0.3 is 17.9 Å². The minimum Gasteiger partial charge on any atom is -0.456 e. The number of fused-ring (bicyclic) bond motifs is 5. The van der Waals surface area contributed by atoms with Crippen LogP contribution in [0.2, 0.25) is 36.3 Å². The molecule has 0 aromatic heterocycles. The van der Waals surface area contributed by atoms with Gasteiger partial charge in [0.2, 0.25) is 0 Å². The van der Waals surface area contributed by atoms with E-state index in [1.54, 1.807) is 69.3 Å². The molecule has 1 saturated heterocycles. The van der Waals surface area contributed by atoms with E-state index >= 15 is 9.59 Å². The van der Waals surface area contributed by atoms with Crippen molar-refractivity contribution in [1.82, 2.24) is 5.32 Å². The Bertz CT molecular complexity index is 2460. The standard InChI is InChI=1S/C57H80INO12Si2/c1-15-37-24-22-25-38(29-37)52(62)59-42(28-34(8)9)48(71-73(19-5,20-6)21-7)54(64)68-44-32-57(65)51(69-53(63)39-26-23-27-40(58)30-39)47-41-33-66-43(41)31-45(70-72(16-2,17-3)18-4)56(47,14)50(61)49(67-36(11)60)46(35(44)10)55(57,12)13/h15,22-30,41-45,47-49,51,65H,1,16-21,31-33H2,2-14H3,(H,59,62)/t41-,42+,43-,44+,45+,47+,48-,49-,51+,56-,57-/m1/s1. The first-order chi connectivity index (χ1) is 34.4. The zero-order valence-electron chi connectivity index (χ0n) is 45.4. The summed E-state index contributed by atoms with van der Waals surface area (Å²) < 4.78 is 41.4. The van der Waals surface area contributed by atoms with E-state index in [2.05, 4.69) is 55.3 Å². The number of halogens is 1. The fourth-order valence-electron chi connectivity index (χ4n) is 12.4. The van der Waals surface area contributed by atoms with Crippen LogP contribution in [-0.2, 0) is 42.2 Å². The Labute approximate surface area is 449 Å². The predicted octanol–water partition coefficient (Wildman–Crippen LogP) is 11.0. The van der Waals surface area contributed by atoms with Gasteiger partial charge in [-0.25, -0.2) is 9.59 Å². The summed E-state index contributed by atoms with van der Waals surface area (Å²) in [6.07, 6.45) is -3.19. The molecule has 1 amide bonds.